The second kappa shape index (κ2) is 15.2. The summed E-state index contributed by atoms with van der Waals surface area (Å²) in [7, 11) is 0. The third-order valence-electron chi connectivity index (χ3n) is 8.06. The minimum atomic E-state index is -0.0396. The molecule has 4 aromatic rings. The van der Waals surface area contributed by atoms with Crippen molar-refractivity contribution >= 4 is 11.7 Å². The van der Waals surface area contributed by atoms with E-state index < -0.39 is 0 Å². The van der Waals surface area contributed by atoms with Crippen LogP contribution < -0.4 is 10.1 Å². The van der Waals surface area contributed by atoms with Crippen LogP contribution in [0.1, 0.15) is 54.9 Å². The molecule has 0 atom stereocenters. The third-order valence-corrected chi connectivity index (χ3v) is 8.06. The fraction of sp³-hybridized carbons (Fsp3) is 0.324. The molecule has 0 aromatic heterocycles. The first-order chi connectivity index (χ1) is 20.7. The van der Waals surface area contributed by atoms with E-state index in [4.69, 9.17) is 4.74 Å². The van der Waals surface area contributed by atoms with Gasteiger partial charge in [0.25, 0.3) is 0 Å². The predicted octanol–water partition coefficient (Wildman–Crippen LogP) is 8.31. The third kappa shape index (κ3) is 8.70. The van der Waals surface area contributed by atoms with Gasteiger partial charge in [0.1, 0.15) is 12.4 Å². The number of benzene rings is 4. The van der Waals surface area contributed by atoms with Crippen LogP contribution in [0.25, 0.3) is 0 Å². The molecule has 1 aliphatic heterocycles. The number of unbranched alkanes of at least 4 members (excludes halogenated alkanes) is 1. The van der Waals surface area contributed by atoms with E-state index in [0.29, 0.717) is 13.2 Å². The second-order valence-electron chi connectivity index (χ2n) is 11.3. The Labute approximate surface area is 251 Å². The van der Waals surface area contributed by atoms with Gasteiger partial charge in [-0.25, -0.2) is 4.79 Å². The van der Waals surface area contributed by atoms with Gasteiger partial charge in [0, 0.05) is 37.9 Å². The predicted molar refractivity (Wildman–Crippen MR) is 172 cm³/mol. The second-order valence-corrected chi connectivity index (χ2v) is 11.3. The number of carbonyl (C=O) groups excluding carboxylic acids is 1. The first kappa shape index (κ1) is 29.4. The molecule has 0 spiro atoms. The lowest BCUT2D eigenvalue weighted by Gasteiger charge is -2.38. The SMILES string of the molecule is CCCCc1ccc(NC(=O)N(Cc2ccc(OCc3ccccc3)cc2)C2CCN(Cc3ccccc3)CC2)cc1. The molecule has 1 saturated heterocycles. The van der Waals surface area contributed by atoms with E-state index in [1.165, 1.54) is 24.0 Å². The van der Waals surface area contributed by atoms with Crippen molar-refractivity contribution in [1.82, 2.24) is 9.80 Å². The van der Waals surface area contributed by atoms with Gasteiger partial charge < -0.3 is 15.0 Å². The molecule has 0 radical (unpaired) electrons. The lowest BCUT2D eigenvalue weighted by Crippen LogP contribution is -2.48. The summed E-state index contributed by atoms with van der Waals surface area (Å²) in [5, 5.41) is 3.19. The maximum absolute atomic E-state index is 13.7. The summed E-state index contributed by atoms with van der Waals surface area (Å²) in [4.78, 5) is 18.3. The van der Waals surface area contributed by atoms with Crippen molar-refractivity contribution in [3.63, 3.8) is 0 Å². The molecule has 5 heteroatoms. The quantitative estimate of drug-likeness (QED) is 0.189. The number of nitrogens with one attached hydrogen (secondary N) is 1. The number of aryl methyl sites for hydroxylation is 1. The highest BCUT2D eigenvalue weighted by Gasteiger charge is 2.28. The highest BCUT2D eigenvalue weighted by Crippen LogP contribution is 2.24. The lowest BCUT2D eigenvalue weighted by molar-refractivity contribution is 0.120. The first-order valence-electron chi connectivity index (χ1n) is 15.3. The van der Waals surface area contributed by atoms with Gasteiger partial charge in [0.05, 0.1) is 0 Å². The fourth-order valence-electron chi connectivity index (χ4n) is 5.56. The highest BCUT2D eigenvalue weighted by molar-refractivity contribution is 5.89. The number of rotatable bonds is 12. The topological polar surface area (TPSA) is 44.8 Å². The number of hydrogen-bond donors (Lipinski definition) is 1. The molecule has 2 amide bonds. The van der Waals surface area contributed by atoms with Crippen molar-refractivity contribution in [2.45, 2.75) is 64.8 Å². The van der Waals surface area contributed by atoms with Crippen LogP contribution in [-0.4, -0.2) is 35.0 Å². The molecule has 1 N–H and O–H groups in total. The molecule has 5 nitrogen and oxygen atoms in total. The zero-order valence-corrected chi connectivity index (χ0v) is 24.8. The number of piperidine rings is 1. The van der Waals surface area contributed by atoms with Crippen molar-refractivity contribution in [3.8, 4) is 5.75 Å². The Kier molecular flexibility index (Phi) is 10.7. The summed E-state index contributed by atoms with van der Waals surface area (Å²) >= 11 is 0. The molecule has 1 fully saturated rings. The van der Waals surface area contributed by atoms with Crippen LogP contribution >= 0.6 is 0 Å². The molecular weight excluding hydrogens is 518 g/mol. The van der Waals surface area contributed by atoms with Gasteiger partial charge in [-0.1, -0.05) is 98.3 Å². The van der Waals surface area contributed by atoms with E-state index in [-0.39, 0.29) is 12.1 Å². The van der Waals surface area contributed by atoms with Gasteiger partial charge in [-0.3, -0.25) is 4.90 Å². The monoisotopic (exact) mass is 561 g/mol. The molecule has 42 heavy (non-hydrogen) atoms. The Morgan fingerprint density at radius 3 is 2.05 bits per heavy atom. The number of likely N-dealkylation sites (tertiary alicyclic amines) is 1. The van der Waals surface area contributed by atoms with E-state index in [0.717, 1.165) is 61.5 Å². The Morgan fingerprint density at radius 2 is 1.40 bits per heavy atom. The minimum Gasteiger partial charge on any atom is -0.489 e. The van der Waals surface area contributed by atoms with Crippen LogP contribution in [0.2, 0.25) is 0 Å². The molecule has 4 aromatic carbocycles. The summed E-state index contributed by atoms with van der Waals surface area (Å²) in [6, 6.07) is 37.4. The van der Waals surface area contributed by atoms with Crippen molar-refractivity contribution in [2.75, 3.05) is 18.4 Å². The smallest absolute Gasteiger partial charge is 0.322 e. The summed E-state index contributed by atoms with van der Waals surface area (Å²) in [6.07, 6.45) is 5.34. The molecule has 218 valence electrons. The van der Waals surface area contributed by atoms with Gasteiger partial charge >= 0.3 is 6.03 Å². The van der Waals surface area contributed by atoms with E-state index >= 15 is 0 Å². The minimum absolute atomic E-state index is 0.0396. The number of anilines is 1. The van der Waals surface area contributed by atoms with Gasteiger partial charge in [-0.15, -0.1) is 0 Å². The van der Waals surface area contributed by atoms with E-state index in [2.05, 4.69) is 83.9 Å². The summed E-state index contributed by atoms with van der Waals surface area (Å²) in [6.45, 7) is 6.20. The Balaban J connectivity index is 1.23. The largest absolute Gasteiger partial charge is 0.489 e. The van der Waals surface area contributed by atoms with Gasteiger partial charge in [0.15, 0.2) is 0 Å². The lowest BCUT2D eigenvalue weighted by atomic mass is 10.0. The van der Waals surface area contributed by atoms with E-state index in [1.54, 1.807) is 0 Å². The number of carbonyl (C=O) groups is 1. The zero-order chi connectivity index (χ0) is 29.0. The Hall–Kier alpha value is -4.09. The Morgan fingerprint density at radius 1 is 0.786 bits per heavy atom. The number of ether oxygens (including phenoxy) is 1. The van der Waals surface area contributed by atoms with Crippen molar-refractivity contribution < 1.29 is 9.53 Å². The molecule has 1 heterocycles. The van der Waals surface area contributed by atoms with Crippen LogP contribution in [0.5, 0.6) is 5.75 Å². The standard InChI is InChI=1S/C37H43N3O2/c1-2-3-10-30-15-19-34(20-16-30)38-37(41)40(35-23-25-39(26-24-35)27-31-11-6-4-7-12-31)28-32-17-21-36(22-18-32)42-29-33-13-8-5-9-14-33/h4-9,11-22,35H,2-3,10,23-29H2,1H3,(H,38,41). The van der Waals surface area contributed by atoms with Gasteiger partial charge in [0.2, 0.25) is 0 Å². The van der Waals surface area contributed by atoms with Crippen LogP contribution in [0.15, 0.2) is 109 Å². The molecule has 0 saturated carbocycles. The molecule has 1 aliphatic rings. The van der Waals surface area contributed by atoms with Crippen molar-refractivity contribution in [2.24, 2.45) is 0 Å². The maximum Gasteiger partial charge on any atom is 0.322 e. The number of amides is 2. The highest BCUT2D eigenvalue weighted by atomic mass is 16.5. The molecule has 0 unspecified atom stereocenters. The first-order valence-corrected chi connectivity index (χ1v) is 15.3. The van der Waals surface area contributed by atoms with Crippen LogP contribution in [0.3, 0.4) is 0 Å². The average Bonchev–Trinajstić information content (AvgIpc) is 3.04. The zero-order valence-electron chi connectivity index (χ0n) is 24.8. The summed E-state index contributed by atoms with van der Waals surface area (Å²) in [5.41, 5.74) is 5.73. The summed E-state index contributed by atoms with van der Waals surface area (Å²) < 4.78 is 5.99. The van der Waals surface area contributed by atoms with Gasteiger partial charge in [-0.05, 0) is 72.2 Å². The van der Waals surface area contributed by atoms with E-state index in [9.17, 15) is 4.79 Å². The summed E-state index contributed by atoms with van der Waals surface area (Å²) in [5.74, 6) is 0.830. The molecule has 5 rings (SSSR count). The van der Waals surface area contributed by atoms with Crippen LogP contribution in [-0.2, 0) is 26.1 Å². The average molecular weight is 562 g/mol. The molecular formula is C37H43N3O2. The van der Waals surface area contributed by atoms with Crippen LogP contribution in [0.4, 0.5) is 10.5 Å². The molecule has 0 aliphatic carbocycles. The molecule has 0 bridgehead atoms. The number of nitrogens with zero attached hydrogens (tertiary/aromatic N) is 2. The van der Waals surface area contributed by atoms with Gasteiger partial charge in [-0.2, -0.15) is 0 Å². The van der Waals surface area contributed by atoms with Crippen LogP contribution in [0, 0.1) is 0 Å². The number of hydrogen-bond acceptors (Lipinski definition) is 3. The van der Waals surface area contributed by atoms with Crippen molar-refractivity contribution in [1.29, 1.82) is 0 Å². The maximum atomic E-state index is 13.7. The van der Waals surface area contributed by atoms with E-state index in [1.807, 2.05) is 47.4 Å². The Bertz CT molecular complexity index is 1350. The number of urea groups is 1. The normalized spacial score (nSPS) is 13.9. The fourth-order valence-corrected chi connectivity index (χ4v) is 5.56. The van der Waals surface area contributed by atoms with Crippen molar-refractivity contribution in [3.05, 3.63) is 131 Å².